The van der Waals surface area contributed by atoms with Crippen LogP contribution in [0.3, 0.4) is 0 Å². The molecule has 1 N–H and O–H groups in total. The zero-order chi connectivity index (χ0) is 16.1. The van der Waals surface area contributed by atoms with Crippen LogP contribution in [0.4, 0.5) is 5.69 Å². The summed E-state index contributed by atoms with van der Waals surface area (Å²) in [7, 11) is 5.89. The van der Waals surface area contributed by atoms with Crippen molar-refractivity contribution < 1.29 is 9.59 Å². The van der Waals surface area contributed by atoms with Crippen molar-refractivity contribution in [2.75, 3.05) is 58.8 Å². The van der Waals surface area contributed by atoms with E-state index in [1.54, 1.807) is 11.0 Å². The Morgan fingerprint density at radius 3 is 2.50 bits per heavy atom. The molecule has 0 atom stereocenters. The molecule has 2 amide bonds. The van der Waals surface area contributed by atoms with Crippen LogP contribution in [0.25, 0.3) is 0 Å². The number of piperazine rings is 1. The second kappa shape index (κ2) is 7.26. The highest BCUT2D eigenvalue weighted by atomic mass is 16.2. The van der Waals surface area contributed by atoms with E-state index in [-0.39, 0.29) is 18.4 Å². The molecule has 1 aliphatic heterocycles. The van der Waals surface area contributed by atoms with E-state index >= 15 is 0 Å². The van der Waals surface area contributed by atoms with Gasteiger partial charge in [0.15, 0.2) is 0 Å². The normalized spacial score (nSPS) is 15.5. The summed E-state index contributed by atoms with van der Waals surface area (Å²) in [6.07, 6.45) is 0. The third-order valence-corrected chi connectivity index (χ3v) is 3.88. The molecule has 1 fully saturated rings. The summed E-state index contributed by atoms with van der Waals surface area (Å²) in [5, 5.41) is 2.71. The highest BCUT2D eigenvalue weighted by molar-refractivity contribution is 5.97. The van der Waals surface area contributed by atoms with E-state index in [1.807, 2.05) is 44.2 Å². The predicted molar refractivity (Wildman–Crippen MR) is 87.2 cm³/mol. The summed E-state index contributed by atoms with van der Waals surface area (Å²) in [6.45, 7) is 3.26. The van der Waals surface area contributed by atoms with Crippen molar-refractivity contribution in [1.29, 1.82) is 0 Å². The lowest BCUT2D eigenvalue weighted by molar-refractivity contribution is -0.131. The average Bonchev–Trinajstić information content (AvgIpc) is 2.53. The van der Waals surface area contributed by atoms with Crippen LogP contribution < -0.4 is 10.2 Å². The molecule has 120 valence electrons. The van der Waals surface area contributed by atoms with E-state index < -0.39 is 0 Å². The molecule has 0 bridgehead atoms. The molecule has 1 aromatic carbocycles. The van der Waals surface area contributed by atoms with Crippen LogP contribution >= 0.6 is 0 Å². The van der Waals surface area contributed by atoms with Crippen molar-refractivity contribution >= 4 is 17.5 Å². The molecule has 1 saturated heterocycles. The minimum Gasteiger partial charge on any atom is -0.378 e. The second-order valence-corrected chi connectivity index (χ2v) is 5.81. The largest absolute Gasteiger partial charge is 0.378 e. The van der Waals surface area contributed by atoms with E-state index in [4.69, 9.17) is 0 Å². The smallest absolute Gasteiger partial charge is 0.251 e. The molecule has 6 nitrogen and oxygen atoms in total. The van der Waals surface area contributed by atoms with E-state index in [9.17, 15) is 9.59 Å². The molecule has 1 aliphatic rings. The molecule has 1 heterocycles. The van der Waals surface area contributed by atoms with E-state index in [2.05, 4.69) is 10.2 Å². The maximum Gasteiger partial charge on any atom is 0.251 e. The van der Waals surface area contributed by atoms with Crippen molar-refractivity contribution in [3.05, 3.63) is 29.8 Å². The van der Waals surface area contributed by atoms with E-state index in [0.717, 1.165) is 31.9 Å². The summed E-state index contributed by atoms with van der Waals surface area (Å²) < 4.78 is 0. The number of anilines is 1. The number of carbonyl (C=O) groups excluding carboxylic acids is 2. The number of rotatable bonds is 4. The number of benzene rings is 1. The fraction of sp³-hybridized carbons (Fsp3) is 0.500. The SMILES string of the molecule is CN1CCN(C(=O)CNC(=O)c2cccc(N(C)C)c2)CC1. The minimum absolute atomic E-state index is 0.0229. The molecule has 1 aromatic rings. The third-order valence-electron chi connectivity index (χ3n) is 3.88. The van der Waals surface area contributed by atoms with Gasteiger partial charge in [0, 0.05) is 51.5 Å². The van der Waals surface area contributed by atoms with Crippen molar-refractivity contribution in [3.63, 3.8) is 0 Å². The van der Waals surface area contributed by atoms with Gasteiger partial charge in [0.25, 0.3) is 5.91 Å². The first kappa shape index (κ1) is 16.3. The van der Waals surface area contributed by atoms with Crippen molar-refractivity contribution in [2.45, 2.75) is 0 Å². The maximum absolute atomic E-state index is 12.2. The van der Waals surface area contributed by atoms with Crippen LogP contribution in [-0.4, -0.2) is 75.5 Å². The molecule has 0 spiro atoms. The lowest BCUT2D eigenvalue weighted by Crippen LogP contribution is -2.50. The topological polar surface area (TPSA) is 55.9 Å². The van der Waals surface area contributed by atoms with Gasteiger partial charge in [-0.2, -0.15) is 0 Å². The molecule has 6 heteroatoms. The number of carbonyl (C=O) groups is 2. The van der Waals surface area contributed by atoms with Gasteiger partial charge in [-0.05, 0) is 25.2 Å². The van der Waals surface area contributed by atoms with Gasteiger partial charge in [0.05, 0.1) is 6.54 Å². The van der Waals surface area contributed by atoms with Gasteiger partial charge in [0.1, 0.15) is 0 Å². The zero-order valence-corrected chi connectivity index (χ0v) is 13.5. The Morgan fingerprint density at radius 2 is 1.86 bits per heavy atom. The number of amides is 2. The van der Waals surface area contributed by atoms with Crippen LogP contribution in [0.5, 0.6) is 0 Å². The third kappa shape index (κ3) is 4.21. The first-order valence-electron chi connectivity index (χ1n) is 7.49. The van der Waals surface area contributed by atoms with Gasteiger partial charge in [-0.15, -0.1) is 0 Å². The quantitative estimate of drug-likeness (QED) is 0.867. The Hall–Kier alpha value is -2.08. The monoisotopic (exact) mass is 304 g/mol. The fourth-order valence-electron chi connectivity index (χ4n) is 2.35. The van der Waals surface area contributed by atoms with Gasteiger partial charge in [0.2, 0.25) is 5.91 Å². The van der Waals surface area contributed by atoms with Crippen LogP contribution in [0.15, 0.2) is 24.3 Å². The summed E-state index contributed by atoms with van der Waals surface area (Å²) in [5.41, 5.74) is 1.52. The van der Waals surface area contributed by atoms with Gasteiger partial charge in [-0.1, -0.05) is 6.07 Å². The Balaban J connectivity index is 1.87. The lowest BCUT2D eigenvalue weighted by atomic mass is 10.2. The molecule has 0 aliphatic carbocycles. The van der Waals surface area contributed by atoms with Crippen LogP contribution in [0.1, 0.15) is 10.4 Å². The van der Waals surface area contributed by atoms with Crippen molar-refractivity contribution in [3.8, 4) is 0 Å². The van der Waals surface area contributed by atoms with E-state index in [1.165, 1.54) is 0 Å². The molecule has 22 heavy (non-hydrogen) atoms. The number of nitrogens with zero attached hydrogens (tertiary/aromatic N) is 3. The van der Waals surface area contributed by atoms with Crippen molar-refractivity contribution in [1.82, 2.24) is 15.1 Å². The number of likely N-dealkylation sites (N-methyl/N-ethyl adjacent to an activating group) is 1. The molecule has 0 unspecified atom stereocenters. The van der Waals surface area contributed by atoms with Gasteiger partial charge >= 0.3 is 0 Å². The van der Waals surface area contributed by atoms with Gasteiger partial charge in [-0.3, -0.25) is 9.59 Å². The highest BCUT2D eigenvalue weighted by Crippen LogP contribution is 2.13. The lowest BCUT2D eigenvalue weighted by Gasteiger charge is -2.32. The number of hydrogen-bond acceptors (Lipinski definition) is 4. The number of hydrogen-bond donors (Lipinski definition) is 1. The van der Waals surface area contributed by atoms with Crippen molar-refractivity contribution in [2.24, 2.45) is 0 Å². The zero-order valence-electron chi connectivity index (χ0n) is 13.5. The van der Waals surface area contributed by atoms with Crippen LogP contribution in [0.2, 0.25) is 0 Å². The first-order valence-corrected chi connectivity index (χ1v) is 7.49. The molecule has 0 radical (unpaired) electrons. The van der Waals surface area contributed by atoms with Gasteiger partial charge < -0.3 is 20.0 Å². The van der Waals surface area contributed by atoms with Crippen LogP contribution in [0, 0.1) is 0 Å². The Labute approximate surface area is 131 Å². The summed E-state index contributed by atoms with van der Waals surface area (Å²) in [4.78, 5) is 30.2. The van der Waals surface area contributed by atoms with Gasteiger partial charge in [-0.25, -0.2) is 0 Å². The fourth-order valence-corrected chi connectivity index (χ4v) is 2.35. The number of nitrogens with one attached hydrogen (secondary N) is 1. The molecule has 0 saturated carbocycles. The Bertz CT molecular complexity index is 537. The molecular weight excluding hydrogens is 280 g/mol. The average molecular weight is 304 g/mol. The minimum atomic E-state index is -0.217. The van der Waals surface area contributed by atoms with E-state index in [0.29, 0.717) is 5.56 Å². The predicted octanol–water partition coefficient (Wildman–Crippen LogP) is 0.256. The Morgan fingerprint density at radius 1 is 1.18 bits per heavy atom. The second-order valence-electron chi connectivity index (χ2n) is 5.81. The molecule has 2 rings (SSSR count). The Kier molecular flexibility index (Phi) is 5.38. The van der Waals surface area contributed by atoms with Crippen LogP contribution in [-0.2, 0) is 4.79 Å². The molecule has 0 aromatic heterocycles. The maximum atomic E-state index is 12.2. The highest BCUT2D eigenvalue weighted by Gasteiger charge is 2.19. The standard InChI is InChI=1S/C16H24N4O2/c1-18(2)14-6-4-5-13(11-14)16(22)17-12-15(21)20-9-7-19(3)8-10-20/h4-6,11H,7-10,12H2,1-3H3,(H,17,22). The first-order chi connectivity index (χ1) is 10.5. The summed E-state index contributed by atoms with van der Waals surface area (Å²) >= 11 is 0. The summed E-state index contributed by atoms with van der Waals surface area (Å²) in [6, 6.07) is 7.34. The summed E-state index contributed by atoms with van der Waals surface area (Å²) in [5.74, 6) is -0.239. The molecular formula is C16H24N4O2.